The van der Waals surface area contributed by atoms with Gasteiger partial charge in [-0.25, -0.2) is 9.97 Å². The van der Waals surface area contributed by atoms with Crippen molar-refractivity contribution >= 4 is 0 Å². The van der Waals surface area contributed by atoms with Gasteiger partial charge < -0.3 is 0 Å². The summed E-state index contributed by atoms with van der Waals surface area (Å²) in [6.07, 6.45) is 6.11. The molecule has 0 N–H and O–H groups in total. The number of hydrogen-bond donors (Lipinski definition) is 0. The summed E-state index contributed by atoms with van der Waals surface area (Å²) in [4.78, 5) is 9.98. The predicted octanol–water partition coefficient (Wildman–Crippen LogP) is 11.9. The van der Waals surface area contributed by atoms with Crippen LogP contribution < -0.4 is 0 Å². The van der Waals surface area contributed by atoms with E-state index in [1.807, 2.05) is 42.5 Å². The van der Waals surface area contributed by atoms with Gasteiger partial charge >= 0.3 is 0 Å². The Morgan fingerprint density at radius 2 is 1.08 bits per heavy atom. The third-order valence-corrected chi connectivity index (χ3v) is 10.7. The quantitative estimate of drug-likeness (QED) is 0.188. The van der Waals surface area contributed by atoms with Gasteiger partial charge in [-0.3, -0.25) is 0 Å². The normalized spacial score (nSPS) is 14.1. The van der Waals surface area contributed by atoms with Crippen LogP contribution in [0.5, 0.6) is 0 Å². The van der Waals surface area contributed by atoms with Gasteiger partial charge in [0.1, 0.15) is 0 Å². The molecule has 9 rings (SSSR count). The smallest absolute Gasteiger partial charge is 0.160 e. The van der Waals surface area contributed by atoms with E-state index in [4.69, 9.17) is 9.97 Å². The molecular formula is C47H35N3. The molecule has 1 heterocycles. The van der Waals surface area contributed by atoms with E-state index in [1.165, 1.54) is 71.0 Å². The minimum Gasteiger partial charge on any atom is -0.228 e. The van der Waals surface area contributed by atoms with Crippen molar-refractivity contribution < 1.29 is 0 Å². The lowest BCUT2D eigenvalue weighted by Gasteiger charge is -2.36. The van der Waals surface area contributed by atoms with Crippen LogP contribution in [0.4, 0.5) is 0 Å². The van der Waals surface area contributed by atoms with Gasteiger partial charge in [-0.1, -0.05) is 147 Å². The molecule has 3 nitrogen and oxygen atoms in total. The maximum absolute atomic E-state index is 9.83. The van der Waals surface area contributed by atoms with Crippen LogP contribution in [0.2, 0.25) is 0 Å². The average Bonchev–Trinajstić information content (AvgIpc) is 3.46. The number of aromatic nitrogens is 2. The zero-order valence-corrected chi connectivity index (χ0v) is 27.8. The topological polar surface area (TPSA) is 49.6 Å². The minimum atomic E-state index is 0.0437. The zero-order chi connectivity index (χ0) is 33.5. The van der Waals surface area contributed by atoms with Crippen LogP contribution in [0.25, 0.3) is 67.3 Å². The van der Waals surface area contributed by atoms with Gasteiger partial charge in [0.05, 0.1) is 23.0 Å². The van der Waals surface area contributed by atoms with E-state index < -0.39 is 0 Å². The molecular weight excluding hydrogens is 607 g/mol. The van der Waals surface area contributed by atoms with Gasteiger partial charge in [-0.05, 0) is 81.6 Å². The first-order chi connectivity index (χ1) is 24.7. The number of nitriles is 1. The highest BCUT2D eigenvalue weighted by molar-refractivity contribution is 5.94. The largest absolute Gasteiger partial charge is 0.228 e. The molecule has 0 atom stereocenters. The summed E-state index contributed by atoms with van der Waals surface area (Å²) in [6.45, 7) is 0. The molecule has 50 heavy (non-hydrogen) atoms. The van der Waals surface area contributed by atoms with Crippen molar-refractivity contribution in [1.29, 1.82) is 5.26 Å². The highest BCUT2D eigenvalue weighted by atomic mass is 14.9. The Hall–Kier alpha value is -6.11. The van der Waals surface area contributed by atoms with Crippen molar-refractivity contribution in [3.05, 3.63) is 168 Å². The van der Waals surface area contributed by atoms with Crippen LogP contribution in [0, 0.1) is 11.3 Å². The summed E-state index contributed by atoms with van der Waals surface area (Å²) >= 11 is 0. The number of benzene rings is 6. The summed E-state index contributed by atoms with van der Waals surface area (Å²) in [5.74, 6) is 0.715. The lowest BCUT2D eigenvalue weighted by Crippen LogP contribution is -2.28. The number of rotatable bonds is 5. The SMILES string of the molecule is N#Cc1ccc2c(c1)-c1c(-c3cccc(-c4ccc(-c5cc(-c6ccccc6)nc(-c6ccccc6)n5)cc4)c3)cccc1C21CCCCC1. The van der Waals surface area contributed by atoms with Gasteiger partial charge in [0.2, 0.25) is 0 Å². The fourth-order valence-corrected chi connectivity index (χ4v) is 8.33. The van der Waals surface area contributed by atoms with Crippen molar-refractivity contribution in [2.75, 3.05) is 0 Å². The van der Waals surface area contributed by atoms with Crippen LogP contribution in [-0.4, -0.2) is 9.97 Å². The number of nitrogens with zero attached hydrogens (tertiary/aromatic N) is 3. The lowest BCUT2D eigenvalue weighted by atomic mass is 9.67. The summed E-state index contributed by atoms with van der Waals surface area (Å²) in [7, 11) is 0. The Balaban J connectivity index is 1.10. The summed E-state index contributed by atoms with van der Waals surface area (Å²) in [6, 6.07) is 55.8. The first-order valence-electron chi connectivity index (χ1n) is 17.6. The van der Waals surface area contributed by atoms with Gasteiger partial charge in [-0.2, -0.15) is 5.26 Å². The molecule has 1 aromatic heterocycles. The van der Waals surface area contributed by atoms with Crippen molar-refractivity contribution in [2.45, 2.75) is 37.5 Å². The van der Waals surface area contributed by atoms with Gasteiger partial charge in [0, 0.05) is 22.1 Å². The summed E-state index contributed by atoms with van der Waals surface area (Å²) in [5, 5.41) is 9.83. The molecule has 0 radical (unpaired) electrons. The fourth-order valence-electron chi connectivity index (χ4n) is 8.33. The monoisotopic (exact) mass is 641 g/mol. The second-order valence-electron chi connectivity index (χ2n) is 13.6. The minimum absolute atomic E-state index is 0.0437. The molecule has 6 aromatic carbocycles. The maximum atomic E-state index is 9.83. The first-order valence-corrected chi connectivity index (χ1v) is 17.6. The molecule has 7 aromatic rings. The predicted molar refractivity (Wildman–Crippen MR) is 203 cm³/mol. The molecule has 238 valence electrons. The van der Waals surface area contributed by atoms with Crippen LogP contribution in [0.1, 0.15) is 48.8 Å². The van der Waals surface area contributed by atoms with E-state index in [1.54, 1.807) is 0 Å². The van der Waals surface area contributed by atoms with Crippen molar-refractivity contribution in [1.82, 2.24) is 9.97 Å². The highest BCUT2D eigenvalue weighted by Crippen LogP contribution is 2.58. The number of fused-ring (bicyclic) bond motifs is 5. The third kappa shape index (κ3) is 5.13. The molecule has 2 aliphatic rings. The second-order valence-corrected chi connectivity index (χ2v) is 13.6. The van der Waals surface area contributed by atoms with Crippen molar-refractivity contribution in [3.63, 3.8) is 0 Å². The Bertz CT molecular complexity index is 2340. The van der Waals surface area contributed by atoms with Crippen molar-refractivity contribution in [3.8, 4) is 73.4 Å². The second kappa shape index (κ2) is 12.4. The van der Waals surface area contributed by atoms with E-state index in [-0.39, 0.29) is 5.41 Å². The fraction of sp³-hybridized carbons (Fsp3) is 0.128. The molecule has 0 bridgehead atoms. The Morgan fingerprint density at radius 1 is 0.460 bits per heavy atom. The number of hydrogen-bond acceptors (Lipinski definition) is 3. The standard InChI is InChI=1S/C47H35N3/c48-31-32-20-25-41-40(28-32)45-39(18-11-19-42(45)47(41)26-8-3-9-27-47)38-17-10-16-37(29-38)33-21-23-35(24-22-33)44-30-43(34-12-4-1-5-13-34)49-46(50-44)36-14-6-2-7-15-36/h1-2,4-7,10-25,28-30H,3,8-9,26-27H2. The lowest BCUT2D eigenvalue weighted by molar-refractivity contribution is 0.353. The molecule has 0 aliphatic heterocycles. The molecule has 1 spiro atoms. The van der Waals surface area contributed by atoms with Crippen LogP contribution >= 0.6 is 0 Å². The van der Waals surface area contributed by atoms with E-state index in [9.17, 15) is 5.26 Å². The first kappa shape index (κ1) is 30.0. The molecule has 0 unspecified atom stereocenters. The maximum Gasteiger partial charge on any atom is 0.160 e. The average molecular weight is 642 g/mol. The van der Waals surface area contributed by atoms with E-state index in [2.05, 4.69) is 115 Å². The van der Waals surface area contributed by atoms with Crippen LogP contribution in [-0.2, 0) is 5.41 Å². The molecule has 1 fully saturated rings. The van der Waals surface area contributed by atoms with Gasteiger partial charge in [0.15, 0.2) is 5.82 Å². The van der Waals surface area contributed by atoms with E-state index in [0.29, 0.717) is 5.82 Å². The van der Waals surface area contributed by atoms with Crippen LogP contribution in [0.15, 0.2) is 152 Å². The molecule has 0 saturated heterocycles. The van der Waals surface area contributed by atoms with Gasteiger partial charge in [0.25, 0.3) is 0 Å². The Morgan fingerprint density at radius 3 is 1.80 bits per heavy atom. The summed E-state index contributed by atoms with van der Waals surface area (Å²) in [5.41, 5.74) is 15.8. The third-order valence-electron chi connectivity index (χ3n) is 10.7. The zero-order valence-electron chi connectivity index (χ0n) is 27.8. The Labute approximate surface area is 293 Å². The molecule has 2 aliphatic carbocycles. The molecule has 3 heteroatoms. The molecule has 0 amide bonds. The molecule has 1 saturated carbocycles. The summed E-state index contributed by atoms with van der Waals surface area (Å²) < 4.78 is 0. The highest BCUT2D eigenvalue weighted by Gasteiger charge is 2.44. The van der Waals surface area contributed by atoms with E-state index >= 15 is 0 Å². The van der Waals surface area contributed by atoms with Gasteiger partial charge in [-0.15, -0.1) is 0 Å². The van der Waals surface area contributed by atoms with Crippen LogP contribution in [0.3, 0.4) is 0 Å². The van der Waals surface area contributed by atoms with E-state index in [0.717, 1.165) is 39.2 Å². The Kier molecular flexibility index (Phi) is 7.44. The van der Waals surface area contributed by atoms with Crippen molar-refractivity contribution in [2.24, 2.45) is 0 Å².